The highest BCUT2D eigenvalue weighted by Crippen LogP contribution is 2.30. The van der Waals surface area contributed by atoms with Crippen LogP contribution in [-0.2, 0) is 16.0 Å². The number of methoxy groups -OCH3 is 1. The summed E-state index contributed by atoms with van der Waals surface area (Å²) in [6, 6.07) is 17.4. The lowest BCUT2D eigenvalue weighted by molar-refractivity contribution is -0.0522. The van der Waals surface area contributed by atoms with E-state index in [1.807, 2.05) is 48.5 Å². The van der Waals surface area contributed by atoms with Crippen LogP contribution in [0.3, 0.4) is 0 Å². The van der Waals surface area contributed by atoms with E-state index in [1.165, 1.54) is 0 Å². The van der Waals surface area contributed by atoms with Crippen molar-refractivity contribution in [1.82, 2.24) is 4.57 Å². The van der Waals surface area contributed by atoms with Crippen molar-refractivity contribution in [1.29, 1.82) is 0 Å². The average molecular weight is 337 g/mol. The lowest BCUT2D eigenvalue weighted by Gasteiger charge is -2.17. The SMILES string of the molecule is COc1ccc2c(-c3ccccc3)cc(=O)n(CC3OCCO3)c2c1. The Labute approximate surface area is 145 Å². The summed E-state index contributed by atoms with van der Waals surface area (Å²) in [7, 11) is 1.62. The Bertz CT molecular complexity index is 943. The predicted octanol–water partition coefficient (Wildman–Crippen LogP) is 3.05. The average Bonchev–Trinajstić information content (AvgIpc) is 3.17. The molecule has 5 nitrogen and oxygen atoms in total. The molecular formula is C20H19NO4. The maximum atomic E-state index is 12.8. The fourth-order valence-electron chi connectivity index (χ4n) is 3.19. The molecule has 0 bridgehead atoms. The normalized spacial score (nSPS) is 14.9. The van der Waals surface area contributed by atoms with E-state index in [-0.39, 0.29) is 5.56 Å². The van der Waals surface area contributed by atoms with E-state index in [1.54, 1.807) is 17.7 Å². The van der Waals surface area contributed by atoms with Crippen LogP contribution in [0.25, 0.3) is 22.0 Å². The monoisotopic (exact) mass is 337 g/mol. The number of benzene rings is 2. The van der Waals surface area contributed by atoms with E-state index >= 15 is 0 Å². The summed E-state index contributed by atoms with van der Waals surface area (Å²) < 4.78 is 18.1. The molecule has 0 saturated carbocycles. The maximum absolute atomic E-state index is 12.8. The van der Waals surface area contributed by atoms with Crippen LogP contribution < -0.4 is 10.3 Å². The fraction of sp³-hybridized carbons (Fsp3) is 0.250. The largest absolute Gasteiger partial charge is 0.497 e. The van der Waals surface area contributed by atoms with Gasteiger partial charge in [-0.3, -0.25) is 4.79 Å². The van der Waals surface area contributed by atoms with Crippen LogP contribution in [0.2, 0.25) is 0 Å². The first-order valence-electron chi connectivity index (χ1n) is 8.26. The Hall–Kier alpha value is -2.63. The zero-order chi connectivity index (χ0) is 17.2. The van der Waals surface area contributed by atoms with Gasteiger partial charge in [-0.1, -0.05) is 30.3 Å². The molecule has 1 fully saturated rings. The zero-order valence-electron chi connectivity index (χ0n) is 14.0. The molecule has 4 rings (SSSR count). The summed E-state index contributed by atoms with van der Waals surface area (Å²) in [5.74, 6) is 0.708. The summed E-state index contributed by atoms with van der Waals surface area (Å²) in [5, 5.41) is 0.990. The Balaban J connectivity index is 1.93. The minimum absolute atomic E-state index is 0.0845. The summed E-state index contributed by atoms with van der Waals surface area (Å²) in [5.41, 5.74) is 2.64. The van der Waals surface area contributed by atoms with E-state index in [0.29, 0.717) is 25.5 Å². The second-order valence-electron chi connectivity index (χ2n) is 5.93. The molecule has 0 amide bonds. The molecule has 2 heterocycles. The van der Waals surface area contributed by atoms with E-state index in [9.17, 15) is 4.79 Å². The number of nitrogens with zero attached hydrogens (tertiary/aromatic N) is 1. The number of pyridine rings is 1. The number of ether oxygens (including phenoxy) is 3. The minimum Gasteiger partial charge on any atom is -0.497 e. The van der Waals surface area contributed by atoms with Crippen LogP contribution in [-0.4, -0.2) is 31.2 Å². The first kappa shape index (κ1) is 15.9. The highest BCUT2D eigenvalue weighted by Gasteiger charge is 2.19. The van der Waals surface area contributed by atoms with Crippen LogP contribution in [0.15, 0.2) is 59.4 Å². The Kier molecular flexibility index (Phi) is 4.26. The molecule has 0 N–H and O–H groups in total. The van der Waals surface area contributed by atoms with Gasteiger partial charge in [0.25, 0.3) is 5.56 Å². The summed E-state index contributed by atoms with van der Waals surface area (Å²) in [4.78, 5) is 12.8. The van der Waals surface area contributed by atoms with Crippen LogP contribution in [0, 0.1) is 0 Å². The van der Waals surface area contributed by atoms with E-state index in [0.717, 1.165) is 22.0 Å². The number of hydrogen-bond donors (Lipinski definition) is 0. The molecule has 0 aliphatic carbocycles. The van der Waals surface area contributed by atoms with Crippen molar-refractivity contribution < 1.29 is 14.2 Å². The van der Waals surface area contributed by atoms with Crippen molar-refractivity contribution in [3.05, 3.63) is 65.0 Å². The second kappa shape index (κ2) is 6.70. The maximum Gasteiger partial charge on any atom is 0.251 e. The van der Waals surface area contributed by atoms with Gasteiger partial charge < -0.3 is 18.8 Å². The van der Waals surface area contributed by atoms with Crippen LogP contribution >= 0.6 is 0 Å². The molecular weight excluding hydrogens is 318 g/mol. The quantitative estimate of drug-likeness (QED) is 0.734. The molecule has 0 spiro atoms. The highest BCUT2D eigenvalue weighted by atomic mass is 16.7. The second-order valence-corrected chi connectivity index (χ2v) is 5.93. The Morgan fingerprint density at radius 2 is 1.84 bits per heavy atom. The van der Waals surface area contributed by atoms with Crippen molar-refractivity contribution in [3.63, 3.8) is 0 Å². The highest BCUT2D eigenvalue weighted by molar-refractivity contribution is 5.95. The number of rotatable bonds is 4. The van der Waals surface area contributed by atoms with Gasteiger partial charge in [-0.2, -0.15) is 0 Å². The van der Waals surface area contributed by atoms with Gasteiger partial charge in [0.05, 0.1) is 32.4 Å². The van der Waals surface area contributed by atoms with Gasteiger partial charge in [0, 0.05) is 17.5 Å². The van der Waals surface area contributed by atoms with Crippen LogP contribution in [0.1, 0.15) is 0 Å². The standard InChI is InChI=1S/C20H19NO4/c1-23-15-7-8-16-17(14-5-3-2-4-6-14)12-19(22)21(18(16)11-15)13-20-24-9-10-25-20/h2-8,11-12,20H,9-10,13H2,1H3. The molecule has 3 aromatic rings. The first-order valence-corrected chi connectivity index (χ1v) is 8.26. The molecule has 1 saturated heterocycles. The van der Waals surface area contributed by atoms with Crippen molar-refractivity contribution >= 4 is 10.9 Å². The first-order chi connectivity index (χ1) is 12.3. The predicted molar refractivity (Wildman–Crippen MR) is 95.9 cm³/mol. The van der Waals surface area contributed by atoms with Crippen molar-refractivity contribution in [2.75, 3.05) is 20.3 Å². The van der Waals surface area contributed by atoms with Crippen LogP contribution in [0.5, 0.6) is 5.75 Å². The van der Waals surface area contributed by atoms with Gasteiger partial charge in [0.2, 0.25) is 0 Å². The topological polar surface area (TPSA) is 49.7 Å². The molecule has 0 radical (unpaired) electrons. The Morgan fingerprint density at radius 1 is 1.08 bits per heavy atom. The molecule has 0 unspecified atom stereocenters. The van der Waals surface area contributed by atoms with Gasteiger partial charge in [0.1, 0.15) is 5.75 Å². The van der Waals surface area contributed by atoms with Gasteiger partial charge in [-0.15, -0.1) is 0 Å². The molecule has 5 heteroatoms. The zero-order valence-corrected chi connectivity index (χ0v) is 14.0. The fourth-order valence-corrected chi connectivity index (χ4v) is 3.19. The lowest BCUT2D eigenvalue weighted by atomic mass is 10.0. The van der Waals surface area contributed by atoms with Gasteiger partial charge >= 0.3 is 0 Å². The smallest absolute Gasteiger partial charge is 0.251 e. The minimum atomic E-state index is -0.394. The number of hydrogen-bond acceptors (Lipinski definition) is 4. The molecule has 2 aromatic carbocycles. The van der Waals surface area contributed by atoms with Crippen molar-refractivity contribution in [2.45, 2.75) is 12.8 Å². The number of aromatic nitrogens is 1. The lowest BCUT2D eigenvalue weighted by Crippen LogP contribution is -2.27. The van der Waals surface area contributed by atoms with Gasteiger partial charge in [0.15, 0.2) is 6.29 Å². The summed E-state index contributed by atoms with van der Waals surface area (Å²) >= 11 is 0. The van der Waals surface area contributed by atoms with Crippen molar-refractivity contribution in [2.24, 2.45) is 0 Å². The molecule has 25 heavy (non-hydrogen) atoms. The Morgan fingerprint density at radius 3 is 2.56 bits per heavy atom. The van der Waals surface area contributed by atoms with Gasteiger partial charge in [-0.05, 0) is 23.3 Å². The van der Waals surface area contributed by atoms with Gasteiger partial charge in [-0.25, -0.2) is 0 Å². The molecule has 1 aliphatic heterocycles. The third-order valence-electron chi connectivity index (χ3n) is 4.43. The van der Waals surface area contributed by atoms with Crippen molar-refractivity contribution in [3.8, 4) is 16.9 Å². The van der Waals surface area contributed by atoms with E-state index < -0.39 is 6.29 Å². The molecule has 1 aliphatic rings. The van der Waals surface area contributed by atoms with E-state index in [4.69, 9.17) is 14.2 Å². The van der Waals surface area contributed by atoms with E-state index in [2.05, 4.69) is 0 Å². The van der Waals surface area contributed by atoms with Crippen LogP contribution in [0.4, 0.5) is 0 Å². The summed E-state index contributed by atoms with van der Waals surface area (Å²) in [6.45, 7) is 1.48. The number of fused-ring (bicyclic) bond motifs is 1. The molecule has 1 aromatic heterocycles. The molecule has 128 valence electrons. The third kappa shape index (κ3) is 3.04. The molecule has 0 atom stereocenters. The summed E-state index contributed by atoms with van der Waals surface area (Å²) in [6.07, 6.45) is -0.394. The third-order valence-corrected chi connectivity index (χ3v) is 4.43.